The van der Waals surface area contributed by atoms with Gasteiger partial charge in [-0.25, -0.2) is 0 Å². The van der Waals surface area contributed by atoms with Crippen molar-refractivity contribution in [1.29, 1.82) is 0 Å². The molecule has 0 bridgehead atoms. The number of fused-ring (bicyclic) bond motifs is 1. The molecule has 1 aliphatic rings. The third-order valence-electron chi connectivity index (χ3n) is 3.66. The van der Waals surface area contributed by atoms with Gasteiger partial charge in [-0.15, -0.1) is 0 Å². The first kappa shape index (κ1) is 15.1. The molecule has 2 unspecified atom stereocenters. The zero-order valence-corrected chi connectivity index (χ0v) is 12.9. The van der Waals surface area contributed by atoms with E-state index >= 15 is 0 Å². The van der Waals surface area contributed by atoms with Crippen LogP contribution in [0.3, 0.4) is 0 Å². The number of anilines is 1. The number of ketones is 1. The van der Waals surface area contributed by atoms with Crippen molar-refractivity contribution in [2.45, 2.75) is 26.1 Å². The predicted molar refractivity (Wildman–Crippen MR) is 86.0 cm³/mol. The van der Waals surface area contributed by atoms with Gasteiger partial charge in [0.25, 0.3) is 5.91 Å². The van der Waals surface area contributed by atoms with Crippen LogP contribution in [-0.2, 0) is 4.79 Å². The Bertz CT molecular complexity index is 739. The van der Waals surface area contributed by atoms with Gasteiger partial charge in [-0.05, 0) is 50.2 Å². The summed E-state index contributed by atoms with van der Waals surface area (Å²) >= 11 is 0. The summed E-state index contributed by atoms with van der Waals surface area (Å²) in [4.78, 5) is 23.7. The molecule has 1 aliphatic heterocycles. The van der Waals surface area contributed by atoms with Crippen molar-refractivity contribution in [2.75, 3.05) is 5.32 Å². The SMILES string of the molecule is CC(=O)c1ccc(NC(=O)C2Oc3ccccc3OC2C)cc1. The highest BCUT2D eigenvalue weighted by molar-refractivity contribution is 5.97. The number of nitrogens with one attached hydrogen (secondary N) is 1. The Labute approximate surface area is 134 Å². The Morgan fingerprint density at radius 3 is 2.17 bits per heavy atom. The number of rotatable bonds is 3. The van der Waals surface area contributed by atoms with Gasteiger partial charge in [-0.1, -0.05) is 12.1 Å². The summed E-state index contributed by atoms with van der Waals surface area (Å²) in [6.45, 7) is 3.29. The summed E-state index contributed by atoms with van der Waals surface area (Å²) < 4.78 is 11.5. The molecule has 0 radical (unpaired) electrons. The maximum atomic E-state index is 12.4. The Morgan fingerprint density at radius 2 is 1.57 bits per heavy atom. The number of benzene rings is 2. The summed E-state index contributed by atoms with van der Waals surface area (Å²) in [5.74, 6) is 0.882. The standard InChI is InChI=1S/C18H17NO4/c1-11(20)13-7-9-14(10-8-13)19-18(21)17-12(2)22-15-5-3-4-6-16(15)23-17/h3-10,12,17H,1-2H3,(H,19,21). The van der Waals surface area contributed by atoms with Gasteiger partial charge in [0.15, 0.2) is 17.3 Å². The van der Waals surface area contributed by atoms with E-state index in [1.165, 1.54) is 6.92 Å². The molecule has 0 fully saturated rings. The van der Waals surface area contributed by atoms with Crippen LogP contribution in [0.1, 0.15) is 24.2 Å². The maximum absolute atomic E-state index is 12.4. The van der Waals surface area contributed by atoms with Crippen LogP contribution in [0.2, 0.25) is 0 Å². The van der Waals surface area contributed by atoms with Crippen molar-refractivity contribution in [3.8, 4) is 11.5 Å². The van der Waals surface area contributed by atoms with E-state index in [-0.39, 0.29) is 11.7 Å². The van der Waals surface area contributed by atoms with Crippen molar-refractivity contribution in [2.24, 2.45) is 0 Å². The minimum absolute atomic E-state index is 0.0166. The normalized spacial score (nSPS) is 19.0. The van der Waals surface area contributed by atoms with Gasteiger partial charge in [0.1, 0.15) is 6.10 Å². The molecule has 118 valence electrons. The molecule has 0 saturated heterocycles. The first-order valence-electron chi connectivity index (χ1n) is 7.39. The molecule has 3 rings (SSSR count). The second kappa shape index (κ2) is 6.12. The van der Waals surface area contributed by atoms with Gasteiger partial charge < -0.3 is 14.8 Å². The molecule has 0 spiro atoms. The molecule has 0 aliphatic carbocycles. The van der Waals surface area contributed by atoms with Gasteiger partial charge in [0.2, 0.25) is 6.10 Å². The summed E-state index contributed by atoms with van der Waals surface area (Å²) in [6, 6.07) is 14.0. The largest absolute Gasteiger partial charge is 0.482 e. The first-order valence-corrected chi connectivity index (χ1v) is 7.39. The summed E-state index contributed by atoms with van der Waals surface area (Å²) in [6.07, 6.45) is -1.14. The van der Waals surface area contributed by atoms with E-state index in [4.69, 9.17) is 9.47 Å². The molecular formula is C18H17NO4. The molecule has 5 heteroatoms. The summed E-state index contributed by atoms with van der Waals surface area (Å²) in [7, 11) is 0. The molecular weight excluding hydrogens is 294 g/mol. The molecule has 1 N–H and O–H groups in total. The van der Waals surface area contributed by atoms with Crippen molar-refractivity contribution >= 4 is 17.4 Å². The van der Waals surface area contributed by atoms with Crippen molar-refractivity contribution in [3.05, 3.63) is 54.1 Å². The number of hydrogen-bond acceptors (Lipinski definition) is 4. The van der Waals surface area contributed by atoms with Crippen molar-refractivity contribution < 1.29 is 19.1 Å². The fourth-order valence-corrected chi connectivity index (χ4v) is 2.41. The number of carbonyl (C=O) groups excluding carboxylic acids is 2. The molecule has 2 aromatic rings. The number of ether oxygens (including phenoxy) is 2. The van der Waals surface area contributed by atoms with Crippen molar-refractivity contribution in [1.82, 2.24) is 0 Å². The minimum Gasteiger partial charge on any atom is -0.482 e. The predicted octanol–water partition coefficient (Wildman–Crippen LogP) is 3.06. The number of amides is 1. The van der Waals surface area contributed by atoms with Crippen LogP contribution in [0.25, 0.3) is 0 Å². The third kappa shape index (κ3) is 3.18. The maximum Gasteiger partial charge on any atom is 0.269 e. The second-order valence-corrected chi connectivity index (χ2v) is 5.43. The highest BCUT2D eigenvalue weighted by Crippen LogP contribution is 2.33. The number of hydrogen-bond donors (Lipinski definition) is 1. The lowest BCUT2D eigenvalue weighted by molar-refractivity contribution is -0.128. The smallest absolute Gasteiger partial charge is 0.269 e. The average molecular weight is 311 g/mol. The van der Waals surface area contributed by atoms with Crippen LogP contribution in [0.5, 0.6) is 11.5 Å². The topological polar surface area (TPSA) is 64.6 Å². The number of para-hydroxylation sites is 2. The van der Waals surface area contributed by atoms with E-state index in [0.717, 1.165) is 0 Å². The Hall–Kier alpha value is -2.82. The van der Waals surface area contributed by atoms with E-state index in [1.807, 2.05) is 12.1 Å². The zero-order valence-electron chi connectivity index (χ0n) is 12.9. The number of carbonyl (C=O) groups is 2. The quantitative estimate of drug-likeness (QED) is 0.885. The summed E-state index contributed by atoms with van der Waals surface area (Å²) in [5.41, 5.74) is 1.21. The average Bonchev–Trinajstić information content (AvgIpc) is 2.54. The lowest BCUT2D eigenvalue weighted by Crippen LogP contribution is -2.46. The lowest BCUT2D eigenvalue weighted by Gasteiger charge is -2.31. The van der Waals surface area contributed by atoms with E-state index < -0.39 is 12.2 Å². The molecule has 23 heavy (non-hydrogen) atoms. The monoisotopic (exact) mass is 311 g/mol. The van der Waals surface area contributed by atoms with E-state index in [1.54, 1.807) is 43.3 Å². The van der Waals surface area contributed by atoms with E-state index in [0.29, 0.717) is 22.7 Å². The van der Waals surface area contributed by atoms with Crippen LogP contribution in [0, 0.1) is 0 Å². The third-order valence-corrected chi connectivity index (χ3v) is 3.66. The highest BCUT2D eigenvalue weighted by atomic mass is 16.6. The van der Waals surface area contributed by atoms with E-state index in [9.17, 15) is 9.59 Å². The van der Waals surface area contributed by atoms with Crippen LogP contribution in [0.15, 0.2) is 48.5 Å². The van der Waals surface area contributed by atoms with Crippen LogP contribution in [0.4, 0.5) is 5.69 Å². The highest BCUT2D eigenvalue weighted by Gasteiger charge is 2.34. The van der Waals surface area contributed by atoms with Gasteiger partial charge in [0.05, 0.1) is 0 Å². The van der Waals surface area contributed by atoms with Crippen LogP contribution < -0.4 is 14.8 Å². The first-order chi connectivity index (χ1) is 11.0. The molecule has 1 amide bonds. The fraction of sp³-hybridized carbons (Fsp3) is 0.222. The second-order valence-electron chi connectivity index (χ2n) is 5.43. The molecule has 0 saturated carbocycles. The molecule has 5 nitrogen and oxygen atoms in total. The van der Waals surface area contributed by atoms with Gasteiger partial charge in [-0.3, -0.25) is 9.59 Å². The molecule has 0 aromatic heterocycles. The summed E-state index contributed by atoms with van der Waals surface area (Å²) in [5, 5.41) is 2.78. The van der Waals surface area contributed by atoms with Gasteiger partial charge in [-0.2, -0.15) is 0 Å². The molecule has 2 atom stereocenters. The van der Waals surface area contributed by atoms with Gasteiger partial charge >= 0.3 is 0 Å². The zero-order chi connectivity index (χ0) is 16.4. The lowest BCUT2D eigenvalue weighted by atomic mass is 10.1. The van der Waals surface area contributed by atoms with Crippen molar-refractivity contribution in [3.63, 3.8) is 0 Å². The minimum atomic E-state index is -0.739. The fourth-order valence-electron chi connectivity index (χ4n) is 2.41. The van der Waals surface area contributed by atoms with Crippen LogP contribution in [-0.4, -0.2) is 23.9 Å². The number of Topliss-reactive ketones (excluding diaryl/α,β-unsaturated/α-hetero) is 1. The molecule has 1 heterocycles. The van der Waals surface area contributed by atoms with E-state index in [2.05, 4.69) is 5.32 Å². The molecule has 2 aromatic carbocycles. The van der Waals surface area contributed by atoms with Gasteiger partial charge in [0, 0.05) is 11.3 Å². The Kier molecular flexibility index (Phi) is 4.02. The van der Waals surface area contributed by atoms with Crippen LogP contribution >= 0.6 is 0 Å². The Balaban J connectivity index is 1.72. The Morgan fingerprint density at radius 1 is 0.957 bits per heavy atom.